The standard InChI is InChI=1S/C13H10N4O2/c18-13(19)12-9-4-1-2-5-10(9)17(16-12)8-11-14-6-3-7-15-11/h1-7H,8H2,(H,18,19). The van der Waals surface area contributed by atoms with Crippen LogP contribution in [0.4, 0.5) is 0 Å². The average molecular weight is 254 g/mol. The molecule has 0 spiro atoms. The summed E-state index contributed by atoms with van der Waals surface area (Å²) in [5.74, 6) is -0.448. The smallest absolute Gasteiger partial charge is 0.357 e. The average Bonchev–Trinajstić information content (AvgIpc) is 2.79. The summed E-state index contributed by atoms with van der Waals surface area (Å²) in [6, 6.07) is 8.94. The molecular formula is C13H10N4O2. The molecule has 1 aromatic carbocycles. The number of benzene rings is 1. The Kier molecular flexibility index (Phi) is 2.68. The van der Waals surface area contributed by atoms with E-state index in [1.807, 2.05) is 12.1 Å². The molecule has 0 aliphatic heterocycles. The number of hydrogen-bond donors (Lipinski definition) is 1. The SMILES string of the molecule is O=C(O)c1nn(Cc2ncccn2)c2ccccc12. The molecule has 0 saturated heterocycles. The second-order valence-electron chi connectivity index (χ2n) is 3.99. The fraction of sp³-hybridized carbons (Fsp3) is 0.0769. The molecule has 3 aromatic rings. The summed E-state index contributed by atoms with van der Waals surface area (Å²) < 4.78 is 1.61. The Morgan fingerprint density at radius 3 is 2.63 bits per heavy atom. The van der Waals surface area contributed by atoms with Crippen molar-refractivity contribution in [2.45, 2.75) is 6.54 Å². The van der Waals surface area contributed by atoms with Gasteiger partial charge in [-0.05, 0) is 12.1 Å². The summed E-state index contributed by atoms with van der Waals surface area (Å²) >= 11 is 0. The van der Waals surface area contributed by atoms with Crippen LogP contribution in [-0.2, 0) is 6.54 Å². The van der Waals surface area contributed by atoms with E-state index >= 15 is 0 Å². The lowest BCUT2D eigenvalue weighted by atomic mass is 10.2. The fourth-order valence-corrected chi connectivity index (χ4v) is 1.95. The molecule has 0 aliphatic rings. The summed E-state index contributed by atoms with van der Waals surface area (Å²) in [4.78, 5) is 19.4. The van der Waals surface area contributed by atoms with Crippen LogP contribution in [0.1, 0.15) is 16.3 Å². The van der Waals surface area contributed by atoms with Crippen molar-refractivity contribution in [3.05, 3.63) is 54.2 Å². The number of fused-ring (bicyclic) bond motifs is 1. The van der Waals surface area contributed by atoms with Gasteiger partial charge in [-0.1, -0.05) is 18.2 Å². The van der Waals surface area contributed by atoms with Crippen LogP contribution in [0.25, 0.3) is 10.9 Å². The fourth-order valence-electron chi connectivity index (χ4n) is 1.95. The Balaban J connectivity index is 2.11. The van der Waals surface area contributed by atoms with E-state index in [0.717, 1.165) is 5.52 Å². The maximum absolute atomic E-state index is 11.2. The molecule has 0 amide bonds. The van der Waals surface area contributed by atoms with E-state index in [1.54, 1.807) is 35.3 Å². The molecule has 0 unspecified atom stereocenters. The number of para-hydroxylation sites is 1. The third-order valence-electron chi connectivity index (χ3n) is 2.77. The van der Waals surface area contributed by atoms with E-state index in [9.17, 15) is 4.79 Å². The van der Waals surface area contributed by atoms with E-state index < -0.39 is 5.97 Å². The van der Waals surface area contributed by atoms with Gasteiger partial charge in [-0.25, -0.2) is 14.8 Å². The highest BCUT2D eigenvalue weighted by Gasteiger charge is 2.16. The van der Waals surface area contributed by atoms with Gasteiger partial charge in [-0.15, -0.1) is 0 Å². The molecule has 94 valence electrons. The first kappa shape index (κ1) is 11.3. The normalized spacial score (nSPS) is 10.7. The quantitative estimate of drug-likeness (QED) is 0.767. The Morgan fingerprint density at radius 2 is 1.89 bits per heavy atom. The number of carboxylic acid groups (broad SMARTS) is 1. The molecule has 1 N–H and O–H groups in total. The number of carboxylic acids is 1. The van der Waals surface area contributed by atoms with Crippen molar-refractivity contribution in [1.82, 2.24) is 19.7 Å². The Hall–Kier alpha value is -2.76. The lowest BCUT2D eigenvalue weighted by molar-refractivity contribution is 0.0691. The van der Waals surface area contributed by atoms with Crippen LogP contribution in [0.15, 0.2) is 42.7 Å². The molecule has 6 nitrogen and oxygen atoms in total. The van der Waals surface area contributed by atoms with Gasteiger partial charge in [0.15, 0.2) is 5.69 Å². The third kappa shape index (κ3) is 2.03. The molecule has 0 radical (unpaired) electrons. The highest BCUT2D eigenvalue weighted by atomic mass is 16.4. The van der Waals surface area contributed by atoms with Crippen LogP contribution >= 0.6 is 0 Å². The lowest BCUT2D eigenvalue weighted by Crippen LogP contribution is -2.07. The predicted octanol–water partition coefficient (Wildman–Crippen LogP) is 1.57. The molecule has 6 heteroatoms. The van der Waals surface area contributed by atoms with Gasteiger partial charge in [0.25, 0.3) is 0 Å². The summed E-state index contributed by atoms with van der Waals surface area (Å²) in [6.45, 7) is 0.342. The number of nitrogens with zero attached hydrogens (tertiary/aromatic N) is 4. The number of carbonyl (C=O) groups is 1. The Morgan fingerprint density at radius 1 is 1.16 bits per heavy atom. The van der Waals surface area contributed by atoms with Crippen LogP contribution in [0.5, 0.6) is 0 Å². The number of hydrogen-bond acceptors (Lipinski definition) is 4. The van der Waals surface area contributed by atoms with Crippen molar-refractivity contribution >= 4 is 16.9 Å². The summed E-state index contributed by atoms with van der Waals surface area (Å²) in [7, 11) is 0. The maximum Gasteiger partial charge on any atom is 0.357 e. The Bertz CT molecular complexity index is 737. The highest BCUT2D eigenvalue weighted by molar-refractivity contribution is 6.01. The molecule has 0 bridgehead atoms. The van der Waals surface area contributed by atoms with Gasteiger partial charge in [0.1, 0.15) is 12.4 Å². The van der Waals surface area contributed by atoms with Crippen LogP contribution in [0.2, 0.25) is 0 Å². The van der Waals surface area contributed by atoms with Crippen LogP contribution in [0.3, 0.4) is 0 Å². The second kappa shape index (κ2) is 4.49. The largest absolute Gasteiger partial charge is 0.476 e. The van der Waals surface area contributed by atoms with Crippen molar-refractivity contribution in [1.29, 1.82) is 0 Å². The van der Waals surface area contributed by atoms with E-state index in [-0.39, 0.29) is 5.69 Å². The highest BCUT2D eigenvalue weighted by Crippen LogP contribution is 2.18. The van der Waals surface area contributed by atoms with Gasteiger partial charge >= 0.3 is 5.97 Å². The first-order valence-electron chi connectivity index (χ1n) is 5.70. The van der Waals surface area contributed by atoms with Crippen LogP contribution in [0, 0.1) is 0 Å². The molecular weight excluding hydrogens is 244 g/mol. The lowest BCUT2D eigenvalue weighted by Gasteiger charge is -2.01. The van der Waals surface area contributed by atoms with Gasteiger partial charge in [0.2, 0.25) is 0 Å². The molecule has 2 aromatic heterocycles. The zero-order chi connectivity index (χ0) is 13.2. The maximum atomic E-state index is 11.2. The third-order valence-corrected chi connectivity index (χ3v) is 2.77. The monoisotopic (exact) mass is 254 g/mol. The van der Waals surface area contributed by atoms with Crippen molar-refractivity contribution in [2.24, 2.45) is 0 Å². The first-order valence-corrected chi connectivity index (χ1v) is 5.70. The van der Waals surface area contributed by atoms with E-state index in [2.05, 4.69) is 15.1 Å². The van der Waals surface area contributed by atoms with Crippen LogP contribution < -0.4 is 0 Å². The first-order chi connectivity index (χ1) is 9.25. The Labute approximate surface area is 108 Å². The predicted molar refractivity (Wildman–Crippen MR) is 67.8 cm³/mol. The van der Waals surface area contributed by atoms with Gasteiger partial charge in [-0.2, -0.15) is 5.10 Å². The molecule has 19 heavy (non-hydrogen) atoms. The van der Waals surface area contributed by atoms with Gasteiger partial charge in [0, 0.05) is 17.8 Å². The van der Waals surface area contributed by atoms with Crippen molar-refractivity contribution in [3.8, 4) is 0 Å². The van der Waals surface area contributed by atoms with Gasteiger partial charge in [0.05, 0.1) is 5.52 Å². The topological polar surface area (TPSA) is 80.9 Å². The minimum Gasteiger partial charge on any atom is -0.476 e. The van der Waals surface area contributed by atoms with E-state index in [4.69, 9.17) is 5.11 Å². The van der Waals surface area contributed by atoms with Crippen LogP contribution in [-0.4, -0.2) is 30.8 Å². The molecule has 0 aliphatic carbocycles. The summed E-state index contributed by atoms with van der Waals surface area (Å²) in [5, 5.41) is 13.9. The zero-order valence-corrected chi connectivity index (χ0v) is 9.89. The summed E-state index contributed by atoms with van der Waals surface area (Å²) in [5.41, 5.74) is 0.805. The van der Waals surface area contributed by atoms with Crippen molar-refractivity contribution in [2.75, 3.05) is 0 Å². The molecule has 0 fully saturated rings. The minimum atomic E-state index is -1.04. The number of aromatic nitrogens is 4. The van der Waals surface area contributed by atoms with Crippen molar-refractivity contribution in [3.63, 3.8) is 0 Å². The molecule has 2 heterocycles. The zero-order valence-electron chi connectivity index (χ0n) is 9.89. The molecule has 0 saturated carbocycles. The van der Waals surface area contributed by atoms with E-state index in [1.165, 1.54) is 0 Å². The molecule has 0 atom stereocenters. The van der Waals surface area contributed by atoms with E-state index in [0.29, 0.717) is 17.8 Å². The van der Waals surface area contributed by atoms with Crippen molar-refractivity contribution < 1.29 is 9.90 Å². The summed E-state index contributed by atoms with van der Waals surface area (Å²) in [6.07, 6.45) is 3.29. The number of rotatable bonds is 3. The minimum absolute atomic E-state index is 0.0477. The van der Waals surface area contributed by atoms with Gasteiger partial charge in [-0.3, -0.25) is 4.68 Å². The second-order valence-corrected chi connectivity index (χ2v) is 3.99. The number of aromatic carboxylic acids is 1. The van der Waals surface area contributed by atoms with Gasteiger partial charge < -0.3 is 5.11 Å². The molecule has 3 rings (SSSR count).